The predicted octanol–water partition coefficient (Wildman–Crippen LogP) is 2.11. The van der Waals surface area contributed by atoms with Gasteiger partial charge in [0.15, 0.2) is 5.75 Å². The Morgan fingerprint density at radius 2 is 2.07 bits per heavy atom. The van der Waals surface area contributed by atoms with E-state index in [0.717, 1.165) is 6.08 Å². The number of hydrogen-bond acceptors (Lipinski definition) is 4. The largest absolute Gasteiger partial charge is 0.490 e. The number of ether oxygens (including phenoxy) is 1. The van der Waals surface area contributed by atoms with Crippen LogP contribution in [0.25, 0.3) is 0 Å². The fourth-order valence-corrected chi connectivity index (χ4v) is 0.914. The van der Waals surface area contributed by atoms with E-state index in [1.54, 1.807) is 24.3 Å². The van der Waals surface area contributed by atoms with Crippen LogP contribution in [0.4, 0.5) is 0 Å². The van der Waals surface area contributed by atoms with Gasteiger partial charge in [-0.3, -0.25) is 4.89 Å². The van der Waals surface area contributed by atoms with E-state index in [9.17, 15) is 4.79 Å². The number of para-hydroxylation sites is 2. The number of carbonyl (C=O) groups excluding carboxylic acids is 1. The molecule has 0 radical (unpaired) electrons. The summed E-state index contributed by atoms with van der Waals surface area (Å²) >= 11 is 0. The van der Waals surface area contributed by atoms with Crippen molar-refractivity contribution in [3.8, 4) is 11.5 Å². The molecule has 0 fully saturated rings. The molecular formula is C11H12O4. The zero-order chi connectivity index (χ0) is 11.1. The van der Waals surface area contributed by atoms with Crippen LogP contribution in [0.5, 0.6) is 11.5 Å². The Hall–Kier alpha value is -1.97. The highest BCUT2D eigenvalue weighted by atomic mass is 17.2. The van der Waals surface area contributed by atoms with Crippen LogP contribution in [-0.2, 0) is 9.68 Å². The van der Waals surface area contributed by atoms with Crippen molar-refractivity contribution >= 4 is 5.97 Å². The second-order valence-electron chi connectivity index (χ2n) is 2.57. The van der Waals surface area contributed by atoms with Crippen molar-refractivity contribution < 1.29 is 19.3 Å². The smallest absolute Gasteiger partial charge is 0.378 e. The molecule has 0 amide bonds. The standard InChI is InChI=1S/C11H12O4/c1-3-11(12)15-14-10-8-6-5-7-9(10)13-4-2/h3,5-8H,1,4H2,2H3. The number of rotatable bonds is 5. The summed E-state index contributed by atoms with van der Waals surface area (Å²) in [5, 5.41) is 0. The molecule has 0 aliphatic rings. The molecule has 4 heteroatoms. The van der Waals surface area contributed by atoms with Gasteiger partial charge in [-0.1, -0.05) is 18.7 Å². The van der Waals surface area contributed by atoms with Gasteiger partial charge in [0.1, 0.15) is 0 Å². The lowest BCUT2D eigenvalue weighted by Gasteiger charge is -2.08. The van der Waals surface area contributed by atoms with Gasteiger partial charge >= 0.3 is 5.97 Å². The van der Waals surface area contributed by atoms with Crippen LogP contribution in [0.1, 0.15) is 6.92 Å². The van der Waals surface area contributed by atoms with Gasteiger partial charge in [-0.2, -0.15) is 0 Å². The van der Waals surface area contributed by atoms with Crippen LogP contribution in [0, 0.1) is 0 Å². The van der Waals surface area contributed by atoms with E-state index in [4.69, 9.17) is 9.62 Å². The molecular weight excluding hydrogens is 196 g/mol. The molecule has 0 heterocycles. The molecule has 1 aromatic rings. The Kier molecular flexibility index (Phi) is 4.22. The normalized spacial score (nSPS) is 9.13. The number of hydrogen-bond donors (Lipinski definition) is 0. The monoisotopic (exact) mass is 208 g/mol. The van der Waals surface area contributed by atoms with Crippen molar-refractivity contribution in [3.63, 3.8) is 0 Å². The fourth-order valence-electron chi connectivity index (χ4n) is 0.914. The van der Waals surface area contributed by atoms with Crippen molar-refractivity contribution in [2.75, 3.05) is 6.61 Å². The van der Waals surface area contributed by atoms with E-state index in [1.165, 1.54) is 0 Å². The lowest BCUT2D eigenvalue weighted by atomic mass is 10.3. The first-order valence-electron chi connectivity index (χ1n) is 4.50. The first kappa shape index (κ1) is 11.1. The van der Waals surface area contributed by atoms with Gasteiger partial charge in [-0.05, 0) is 19.1 Å². The van der Waals surface area contributed by atoms with E-state index in [0.29, 0.717) is 18.1 Å². The molecule has 0 spiro atoms. The van der Waals surface area contributed by atoms with Crippen LogP contribution in [-0.4, -0.2) is 12.6 Å². The highest BCUT2D eigenvalue weighted by Gasteiger charge is 2.06. The highest BCUT2D eigenvalue weighted by Crippen LogP contribution is 2.26. The van der Waals surface area contributed by atoms with E-state index in [2.05, 4.69) is 11.5 Å². The summed E-state index contributed by atoms with van der Waals surface area (Å²) in [7, 11) is 0. The predicted molar refractivity (Wildman–Crippen MR) is 54.5 cm³/mol. The molecule has 15 heavy (non-hydrogen) atoms. The van der Waals surface area contributed by atoms with Crippen LogP contribution >= 0.6 is 0 Å². The summed E-state index contributed by atoms with van der Waals surface area (Å²) in [5.74, 6) is 0.229. The maximum Gasteiger partial charge on any atom is 0.378 e. The van der Waals surface area contributed by atoms with Gasteiger partial charge in [0.25, 0.3) is 0 Å². The van der Waals surface area contributed by atoms with Gasteiger partial charge in [-0.15, -0.1) is 0 Å². The van der Waals surface area contributed by atoms with E-state index in [-0.39, 0.29) is 0 Å². The van der Waals surface area contributed by atoms with E-state index in [1.807, 2.05) is 6.92 Å². The molecule has 0 N–H and O–H groups in total. The first-order chi connectivity index (χ1) is 7.27. The third-order valence-electron chi connectivity index (χ3n) is 1.53. The van der Waals surface area contributed by atoms with Gasteiger partial charge in [0.2, 0.25) is 5.75 Å². The summed E-state index contributed by atoms with van der Waals surface area (Å²) in [5.41, 5.74) is 0. The average molecular weight is 208 g/mol. The van der Waals surface area contributed by atoms with Crippen LogP contribution in [0.15, 0.2) is 36.9 Å². The second kappa shape index (κ2) is 5.70. The molecule has 0 aliphatic carbocycles. The number of carbonyl (C=O) groups is 1. The molecule has 0 saturated heterocycles. The fraction of sp³-hybridized carbons (Fsp3) is 0.182. The average Bonchev–Trinajstić information content (AvgIpc) is 2.28. The first-order valence-corrected chi connectivity index (χ1v) is 4.50. The summed E-state index contributed by atoms with van der Waals surface area (Å²) < 4.78 is 5.26. The van der Waals surface area contributed by atoms with E-state index >= 15 is 0 Å². The van der Waals surface area contributed by atoms with Crippen molar-refractivity contribution in [3.05, 3.63) is 36.9 Å². The van der Waals surface area contributed by atoms with Gasteiger partial charge in [-0.25, -0.2) is 9.68 Å². The minimum absolute atomic E-state index is 0.356. The molecule has 0 atom stereocenters. The number of benzene rings is 1. The van der Waals surface area contributed by atoms with Gasteiger partial charge in [0, 0.05) is 6.08 Å². The zero-order valence-corrected chi connectivity index (χ0v) is 8.43. The molecule has 0 bridgehead atoms. The summed E-state index contributed by atoms with van der Waals surface area (Å²) in [4.78, 5) is 20.0. The lowest BCUT2D eigenvalue weighted by Crippen LogP contribution is -2.05. The molecule has 0 aromatic heterocycles. The van der Waals surface area contributed by atoms with Crippen molar-refractivity contribution in [1.29, 1.82) is 0 Å². The molecule has 0 unspecified atom stereocenters. The SMILES string of the molecule is C=CC(=O)OOc1ccccc1OCC. The minimum atomic E-state index is -0.652. The maximum atomic E-state index is 10.7. The Morgan fingerprint density at radius 1 is 1.40 bits per heavy atom. The Bertz CT molecular complexity index is 346. The maximum absolute atomic E-state index is 10.7. The summed E-state index contributed by atoms with van der Waals surface area (Å²) in [6.45, 7) is 5.61. The minimum Gasteiger partial charge on any atom is -0.490 e. The summed E-state index contributed by atoms with van der Waals surface area (Å²) in [6, 6.07) is 6.91. The Labute approximate surface area is 88.0 Å². The Balaban J connectivity index is 2.66. The van der Waals surface area contributed by atoms with Crippen LogP contribution < -0.4 is 9.62 Å². The van der Waals surface area contributed by atoms with Gasteiger partial charge in [0.05, 0.1) is 6.61 Å². The topological polar surface area (TPSA) is 44.8 Å². The van der Waals surface area contributed by atoms with E-state index < -0.39 is 5.97 Å². The third kappa shape index (κ3) is 3.34. The van der Waals surface area contributed by atoms with Crippen molar-refractivity contribution in [1.82, 2.24) is 0 Å². The van der Waals surface area contributed by atoms with Crippen molar-refractivity contribution in [2.24, 2.45) is 0 Å². The molecule has 0 aliphatic heterocycles. The van der Waals surface area contributed by atoms with Gasteiger partial charge < -0.3 is 4.74 Å². The molecule has 1 aromatic carbocycles. The molecule has 1 rings (SSSR count). The molecule has 4 nitrogen and oxygen atoms in total. The summed E-state index contributed by atoms with van der Waals surface area (Å²) in [6.07, 6.45) is 1.02. The Morgan fingerprint density at radius 3 is 2.67 bits per heavy atom. The third-order valence-corrected chi connectivity index (χ3v) is 1.53. The zero-order valence-electron chi connectivity index (χ0n) is 8.43. The van der Waals surface area contributed by atoms with Crippen LogP contribution in [0.2, 0.25) is 0 Å². The molecule has 0 saturated carbocycles. The second-order valence-corrected chi connectivity index (χ2v) is 2.57. The highest BCUT2D eigenvalue weighted by molar-refractivity contribution is 5.80. The van der Waals surface area contributed by atoms with Crippen LogP contribution in [0.3, 0.4) is 0 Å². The molecule has 80 valence electrons. The lowest BCUT2D eigenvalue weighted by molar-refractivity contribution is -0.207. The quantitative estimate of drug-likeness (QED) is 0.422. The van der Waals surface area contributed by atoms with Crippen molar-refractivity contribution in [2.45, 2.75) is 6.92 Å².